The Morgan fingerprint density at radius 1 is 1.17 bits per heavy atom. The summed E-state index contributed by atoms with van der Waals surface area (Å²) in [4.78, 5) is 40.2. The number of morpholine rings is 1. The molecular weight excluding hydrogens is 298 g/mol. The number of imide groups is 1. The summed E-state index contributed by atoms with van der Waals surface area (Å²) < 4.78 is 5.62. The quantitative estimate of drug-likeness (QED) is 0.765. The number of ether oxygens (including phenoxy) is 1. The van der Waals surface area contributed by atoms with E-state index in [1.165, 1.54) is 0 Å². The zero-order chi connectivity index (χ0) is 16.6. The fraction of sp³-hybridized carbons (Fsp3) is 0.812. The molecule has 7 heteroatoms. The van der Waals surface area contributed by atoms with Crippen LogP contribution in [0.25, 0.3) is 0 Å². The predicted octanol–water partition coefficient (Wildman–Crippen LogP) is 0.877. The summed E-state index contributed by atoms with van der Waals surface area (Å²) in [6.07, 6.45) is 4.25. The van der Waals surface area contributed by atoms with Gasteiger partial charge >= 0.3 is 6.03 Å². The summed E-state index contributed by atoms with van der Waals surface area (Å²) in [5, 5.41) is 2.84. The Morgan fingerprint density at radius 2 is 1.78 bits per heavy atom. The monoisotopic (exact) mass is 323 g/mol. The van der Waals surface area contributed by atoms with E-state index in [1.807, 2.05) is 13.8 Å². The zero-order valence-corrected chi connectivity index (χ0v) is 13.8. The minimum Gasteiger partial charge on any atom is -0.372 e. The first-order valence-electron chi connectivity index (χ1n) is 8.49. The van der Waals surface area contributed by atoms with Gasteiger partial charge in [0.1, 0.15) is 12.1 Å². The minimum atomic E-state index is -0.763. The highest BCUT2D eigenvalue weighted by molar-refractivity contribution is 6.09. The second-order valence-electron chi connectivity index (χ2n) is 7.02. The van der Waals surface area contributed by atoms with Crippen LogP contribution < -0.4 is 5.32 Å². The van der Waals surface area contributed by atoms with Crippen molar-refractivity contribution in [3.8, 4) is 0 Å². The standard InChI is InChI=1S/C16H25N3O4/c1-11-8-18(9-12(2)23-11)13(20)10-19-14(21)16(17-15(19)22)6-4-3-5-7-16/h11-12H,3-10H2,1-2H3,(H,17,22)/t11-,12-/m1/s1. The van der Waals surface area contributed by atoms with Gasteiger partial charge in [-0.25, -0.2) is 4.79 Å². The number of nitrogens with one attached hydrogen (secondary N) is 1. The fourth-order valence-electron chi connectivity index (χ4n) is 3.93. The maximum Gasteiger partial charge on any atom is 0.325 e. The van der Waals surface area contributed by atoms with E-state index in [4.69, 9.17) is 4.74 Å². The average molecular weight is 323 g/mol. The number of carbonyl (C=O) groups excluding carboxylic acids is 3. The zero-order valence-electron chi connectivity index (χ0n) is 13.8. The van der Waals surface area contributed by atoms with Crippen molar-refractivity contribution in [3.63, 3.8) is 0 Å². The van der Waals surface area contributed by atoms with Crippen molar-refractivity contribution in [1.82, 2.24) is 15.1 Å². The Morgan fingerprint density at radius 3 is 2.39 bits per heavy atom. The van der Waals surface area contributed by atoms with Gasteiger partial charge in [-0.05, 0) is 26.7 Å². The van der Waals surface area contributed by atoms with Gasteiger partial charge in [0.05, 0.1) is 12.2 Å². The van der Waals surface area contributed by atoms with Gasteiger partial charge in [0.15, 0.2) is 0 Å². The molecule has 3 rings (SSSR count). The molecule has 2 aliphatic heterocycles. The number of urea groups is 1. The molecule has 0 aromatic rings. The van der Waals surface area contributed by atoms with E-state index in [-0.39, 0.29) is 30.6 Å². The van der Waals surface area contributed by atoms with Crippen molar-refractivity contribution in [1.29, 1.82) is 0 Å². The SMILES string of the molecule is C[C@@H]1CN(C(=O)CN2C(=O)NC3(CCCCC3)C2=O)C[C@@H](C)O1. The third kappa shape index (κ3) is 3.06. The van der Waals surface area contributed by atoms with Crippen LogP contribution in [-0.4, -0.2) is 65.0 Å². The largest absolute Gasteiger partial charge is 0.372 e. The molecule has 2 saturated heterocycles. The lowest BCUT2D eigenvalue weighted by Gasteiger charge is -2.36. The molecule has 0 aromatic heterocycles. The molecule has 0 radical (unpaired) electrons. The van der Waals surface area contributed by atoms with Crippen LogP contribution in [0.5, 0.6) is 0 Å². The van der Waals surface area contributed by atoms with E-state index in [0.29, 0.717) is 25.9 Å². The Balaban J connectivity index is 1.66. The van der Waals surface area contributed by atoms with Crippen molar-refractivity contribution in [2.24, 2.45) is 0 Å². The Bertz CT molecular complexity index is 505. The average Bonchev–Trinajstić information content (AvgIpc) is 2.71. The van der Waals surface area contributed by atoms with Crippen molar-refractivity contribution >= 4 is 17.8 Å². The van der Waals surface area contributed by atoms with Gasteiger partial charge < -0.3 is 15.0 Å². The summed E-state index contributed by atoms with van der Waals surface area (Å²) >= 11 is 0. The number of amides is 4. The Labute approximate surface area is 136 Å². The van der Waals surface area contributed by atoms with E-state index in [2.05, 4.69) is 5.32 Å². The molecule has 3 aliphatic rings. The van der Waals surface area contributed by atoms with Crippen LogP contribution in [0.3, 0.4) is 0 Å². The molecule has 1 aliphatic carbocycles. The van der Waals surface area contributed by atoms with Gasteiger partial charge in [-0.2, -0.15) is 0 Å². The number of hydrogen-bond donors (Lipinski definition) is 1. The third-order valence-electron chi connectivity index (χ3n) is 5.02. The molecule has 7 nitrogen and oxygen atoms in total. The lowest BCUT2D eigenvalue weighted by atomic mass is 9.82. The van der Waals surface area contributed by atoms with Crippen LogP contribution in [0.15, 0.2) is 0 Å². The first-order chi connectivity index (χ1) is 10.9. The smallest absolute Gasteiger partial charge is 0.325 e. The lowest BCUT2D eigenvalue weighted by Crippen LogP contribution is -2.52. The lowest BCUT2D eigenvalue weighted by molar-refractivity contribution is -0.147. The molecule has 0 aromatic carbocycles. The molecule has 2 atom stereocenters. The molecule has 0 unspecified atom stereocenters. The second-order valence-corrected chi connectivity index (χ2v) is 7.02. The molecular formula is C16H25N3O4. The number of rotatable bonds is 2. The predicted molar refractivity (Wildman–Crippen MR) is 82.6 cm³/mol. The highest BCUT2D eigenvalue weighted by Gasteiger charge is 2.51. The van der Waals surface area contributed by atoms with E-state index >= 15 is 0 Å². The van der Waals surface area contributed by atoms with Gasteiger partial charge in [-0.3, -0.25) is 14.5 Å². The third-order valence-corrected chi connectivity index (χ3v) is 5.02. The van der Waals surface area contributed by atoms with E-state index in [1.54, 1.807) is 4.90 Å². The van der Waals surface area contributed by atoms with E-state index in [0.717, 1.165) is 24.2 Å². The first kappa shape index (κ1) is 16.2. The normalized spacial score (nSPS) is 30.7. The summed E-state index contributed by atoms with van der Waals surface area (Å²) in [6.45, 7) is 4.66. The maximum absolute atomic E-state index is 12.7. The molecule has 1 spiro atoms. The van der Waals surface area contributed by atoms with Crippen LogP contribution >= 0.6 is 0 Å². The Hall–Kier alpha value is -1.63. The highest BCUT2D eigenvalue weighted by atomic mass is 16.5. The maximum atomic E-state index is 12.7. The molecule has 23 heavy (non-hydrogen) atoms. The van der Waals surface area contributed by atoms with Gasteiger partial charge in [-0.15, -0.1) is 0 Å². The fourth-order valence-corrected chi connectivity index (χ4v) is 3.93. The van der Waals surface area contributed by atoms with Crippen LogP contribution in [-0.2, 0) is 14.3 Å². The van der Waals surface area contributed by atoms with Crippen LogP contribution in [0.2, 0.25) is 0 Å². The van der Waals surface area contributed by atoms with E-state index in [9.17, 15) is 14.4 Å². The molecule has 3 fully saturated rings. The Kier molecular flexibility index (Phi) is 4.31. The number of carbonyl (C=O) groups is 3. The molecule has 4 amide bonds. The van der Waals surface area contributed by atoms with Crippen LogP contribution in [0.1, 0.15) is 46.0 Å². The van der Waals surface area contributed by atoms with Crippen molar-refractivity contribution < 1.29 is 19.1 Å². The molecule has 0 bridgehead atoms. The molecule has 1 N–H and O–H groups in total. The van der Waals surface area contributed by atoms with Crippen molar-refractivity contribution in [2.75, 3.05) is 19.6 Å². The van der Waals surface area contributed by atoms with E-state index < -0.39 is 11.6 Å². The van der Waals surface area contributed by atoms with Gasteiger partial charge in [0.25, 0.3) is 5.91 Å². The van der Waals surface area contributed by atoms with Gasteiger partial charge in [-0.1, -0.05) is 19.3 Å². The summed E-state index contributed by atoms with van der Waals surface area (Å²) in [7, 11) is 0. The summed E-state index contributed by atoms with van der Waals surface area (Å²) in [5.41, 5.74) is -0.763. The molecule has 1 saturated carbocycles. The molecule has 128 valence electrons. The highest BCUT2D eigenvalue weighted by Crippen LogP contribution is 2.33. The first-order valence-corrected chi connectivity index (χ1v) is 8.49. The van der Waals surface area contributed by atoms with Crippen LogP contribution in [0.4, 0.5) is 4.79 Å². The topological polar surface area (TPSA) is 79.0 Å². The minimum absolute atomic E-state index is 0.0320. The van der Waals surface area contributed by atoms with Crippen LogP contribution in [0, 0.1) is 0 Å². The van der Waals surface area contributed by atoms with Crippen molar-refractivity contribution in [2.45, 2.75) is 63.7 Å². The number of hydrogen-bond acceptors (Lipinski definition) is 4. The molecule has 2 heterocycles. The van der Waals surface area contributed by atoms with Gasteiger partial charge in [0, 0.05) is 13.1 Å². The van der Waals surface area contributed by atoms with Gasteiger partial charge in [0.2, 0.25) is 5.91 Å². The second kappa shape index (κ2) is 6.11. The summed E-state index contributed by atoms with van der Waals surface area (Å²) in [5.74, 6) is -0.423. The van der Waals surface area contributed by atoms with Crippen molar-refractivity contribution in [3.05, 3.63) is 0 Å². The summed E-state index contributed by atoms with van der Waals surface area (Å²) in [6, 6.07) is -0.431. The number of nitrogens with zero attached hydrogens (tertiary/aromatic N) is 2.